The number of pyridine rings is 1. The minimum absolute atomic E-state index is 0.0200. The summed E-state index contributed by atoms with van der Waals surface area (Å²) in [6, 6.07) is 17.3. The fraction of sp³-hybridized carbons (Fsp3) is 0.105. The van der Waals surface area contributed by atoms with Crippen molar-refractivity contribution in [3.63, 3.8) is 0 Å². The molecule has 0 aliphatic heterocycles. The number of aromatic nitrogens is 1. The van der Waals surface area contributed by atoms with Gasteiger partial charge in [-0.05, 0) is 30.7 Å². The summed E-state index contributed by atoms with van der Waals surface area (Å²) in [5, 5.41) is 11.1. The number of fused-ring (bicyclic) bond motifs is 2. The molecule has 0 amide bonds. The van der Waals surface area contributed by atoms with Gasteiger partial charge in [-0.1, -0.05) is 36.4 Å². The minimum Gasteiger partial charge on any atom is -0.462 e. The first-order chi connectivity index (χ1) is 11.2. The van der Waals surface area contributed by atoms with Gasteiger partial charge in [0.1, 0.15) is 11.6 Å². The van der Waals surface area contributed by atoms with Gasteiger partial charge < -0.3 is 4.74 Å². The van der Waals surface area contributed by atoms with E-state index in [0.717, 1.165) is 27.4 Å². The molecular weight excluding hydrogens is 288 g/mol. The van der Waals surface area contributed by atoms with Crippen LogP contribution in [0.4, 0.5) is 0 Å². The van der Waals surface area contributed by atoms with E-state index in [1.54, 1.807) is 13.0 Å². The normalized spacial score (nSPS) is 11.4. The minimum atomic E-state index is -0.611. The van der Waals surface area contributed by atoms with Gasteiger partial charge in [0.05, 0.1) is 17.6 Å². The summed E-state index contributed by atoms with van der Waals surface area (Å²) in [7, 11) is 0. The second-order valence-electron chi connectivity index (χ2n) is 4.95. The first kappa shape index (κ1) is 14.7. The second-order valence-corrected chi connectivity index (χ2v) is 4.95. The Morgan fingerprint density at radius 3 is 2.22 bits per heavy atom. The molecule has 23 heavy (non-hydrogen) atoms. The number of carbonyl (C=O) groups excluding carboxylic acids is 1. The molecule has 4 heteroatoms. The highest BCUT2D eigenvalue weighted by molar-refractivity contribution is 6.07. The zero-order valence-corrected chi connectivity index (χ0v) is 12.6. The largest absolute Gasteiger partial charge is 0.462 e. The van der Waals surface area contributed by atoms with E-state index in [-0.39, 0.29) is 12.2 Å². The van der Waals surface area contributed by atoms with E-state index in [0.29, 0.717) is 0 Å². The summed E-state index contributed by atoms with van der Waals surface area (Å²) >= 11 is 0. The van der Waals surface area contributed by atoms with Crippen molar-refractivity contribution in [3.8, 4) is 6.07 Å². The molecule has 0 aliphatic rings. The highest BCUT2D eigenvalue weighted by Gasteiger charge is 2.13. The lowest BCUT2D eigenvalue weighted by Gasteiger charge is -2.08. The zero-order valence-electron chi connectivity index (χ0n) is 12.6. The van der Waals surface area contributed by atoms with E-state index in [1.807, 2.05) is 54.6 Å². The molecule has 0 fully saturated rings. The molecule has 0 atom stereocenters. The van der Waals surface area contributed by atoms with E-state index in [9.17, 15) is 10.1 Å². The number of esters is 1. The maximum Gasteiger partial charge on any atom is 0.348 e. The molecule has 0 N–H and O–H groups in total. The molecule has 1 heterocycles. The van der Waals surface area contributed by atoms with E-state index in [2.05, 4.69) is 4.98 Å². The molecule has 0 bridgehead atoms. The van der Waals surface area contributed by atoms with Crippen molar-refractivity contribution in [2.24, 2.45) is 0 Å². The van der Waals surface area contributed by atoms with Crippen LogP contribution in [0.1, 0.15) is 12.5 Å². The summed E-state index contributed by atoms with van der Waals surface area (Å²) in [5.41, 5.74) is 2.42. The number of carbonyl (C=O) groups is 1. The Labute approximate surface area is 133 Å². The molecule has 4 nitrogen and oxygen atoms in total. The summed E-state index contributed by atoms with van der Waals surface area (Å²) in [6.45, 7) is 1.94. The Balaban J connectivity index is 2.33. The van der Waals surface area contributed by atoms with Crippen LogP contribution in [0.2, 0.25) is 0 Å². The second kappa shape index (κ2) is 6.29. The lowest BCUT2D eigenvalue weighted by atomic mass is 10.0. The van der Waals surface area contributed by atoms with Gasteiger partial charge in [-0.15, -0.1) is 0 Å². The average molecular weight is 302 g/mol. The van der Waals surface area contributed by atoms with Crippen molar-refractivity contribution in [2.75, 3.05) is 6.61 Å². The molecule has 1 aromatic heterocycles. The van der Waals surface area contributed by atoms with Crippen LogP contribution in [0, 0.1) is 11.3 Å². The Morgan fingerprint density at radius 1 is 1.13 bits per heavy atom. The molecule has 0 aliphatic carbocycles. The standard InChI is InChI=1S/C19H14N2O2/c1-2-23-19(22)13(12-20)11-16-14-7-3-5-9-17(14)21-18-10-6-4-8-15(16)18/h3-11H,2H2,1H3/b13-11+. The molecule has 0 saturated carbocycles. The average Bonchev–Trinajstić information content (AvgIpc) is 2.58. The molecular formula is C19H14N2O2. The van der Waals surface area contributed by atoms with Gasteiger partial charge in [0, 0.05) is 10.8 Å². The predicted octanol–water partition coefficient (Wildman–Crippen LogP) is 3.86. The molecule has 0 spiro atoms. The fourth-order valence-corrected chi connectivity index (χ4v) is 2.52. The third kappa shape index (κ3) is 2.77. The van der Waals surface area contributed by atoms with Crippen LogP contribution in [0.25, 0.3) is 27.9 Å². The van der Waals surface area contributed by atoms with Crippen molar-refractivity contribution in [3.05, 3.63) is 59.7 Å². The summed E-state index contributed by atoms with van der Waals surface area (Å²) < 4.78 is 4.95. The number of nitrogens with zero attached hydrogens (tertiary/aromatic N) is 2. The number of rotatable bonds is 3. The van der Waals surface area contributed by atoms with Crippen LogP contribution in [-0.4, -0.2) is 17.6 Å². The lowest BCUT2D eigenvalue weighted by molar-refractivity contribution is -0.137. The Morgan fingerprint density at radius 2 is 1.70 bits per heavy atom. The van der Waals surface area contributed by atoms with Gasteiger partial charge in [-0.2, -0.15) is 5.26 Å². The van der Waals surface area contributed by atoms with E-state index >= 15 is 0 Å². The third-order valence-corrected chi connectivity index (χ3v) is 3.53. The van der Waals surface area contributed by atoms with Crippen molar-refractivity contribution in [2.45, 2.75) is 6.92 Å². The quantitative estimate of drug-likeness (QED) is 0.319. The third-order valence-electron chi connectivity index (χ3n) is 3.53. The molecule has 112 valence electrons. The summed E-state index contributed by atoms with van der Waals surface area (Å²) in [4.78, 5) is 16.5. The molecule has 0 saturated heterocycles. The van der Waals surface area contributed by atoms with Crippen LogP contribution < -0.4 is 0 Å². The van der Waals surface area contributed by atoms with Crippen LogP contribution in [-0.2, 0) is 9.53 Å². The van der Waals surface area contributed by atoms with Crippen LogP contribution in [0.5, 0.6) is 0 Å². The number of benzene rings is 2. The van der Waals surface area contributed by atoms with Crippen molar-refractivity contribution in [1.82, 2.24) is 4.98 Å². The Hall–Kier alpha value is -3.19. The molecule has 3 rings (SSSR count). The Bertz CT molecular complexity index is 914. The Kier molecular flexibility index (Phi) is 4.03. The van der Waals surface area contributed by atoms with Gasteiger partial charge in [0.25, 0.3) is 0 Å². The number of hydrogen-bond acceptors (Lipinski definition) is 4. The van der Waals surface area contributed by atoms with Crippen LogP contribution in [0.15, 0.2) is 54.1 Å². The maximum absolute atomic E-state index is 11.9. The summed E-state index contributed by atoms with van der Waals surface area (Å²) in [6.07, 6.45) is 1.59. The highest BCUT2D eigenvalue weighted by atomic mass is 16.5. The van der Waals surface area contributed by atoms with Gasteiger partial charge in [-0.25, -0.2) is 9.78 Å². The van der Waals surface area contributed by atoms with Crippen LogP contribution >= 0.6 is 0 Å². The zero-order chi connectivity index (χ0) is 16.2. The number of hydrogen-bond donors (Lipinski definition) is 0. The van der Waals surface area contributed by atoms with Crippen LogP contribution in [0.3, 0.4) is 0 Å². The highest BCUT2D eigenvalue weighted by Crippen LogP contribution is 2.28. The number of nitriles is 1. The van der Waals surface area contributed by atoms with Gasteiger partial charge in [0.15, 0.2) is 0 Å². The molecule has 0 radical (unpaired) electrons. The summed E-state index contributed by atoms with van der Waals surface area (Å²) in [5.74, 6) is -0.611. The van der Waals surface area contributed by atoms with E-state index < -0.39 is 5.97 Å². The fourth-order valence-electron chi connectivity index (χ4n) is 2.52. The van der Waals surface area contributed by atoms with Gasteiger partial charge in [0.2, 0.25) is 0 Å². The van der Waals surface area contributed by atoms with E-state index in [4.69, 9.17) is 4.74 Å². The SMILES string of the molecule is CCOC(=O)/C(C#N)=C/c1c2ccccc2nc2ccccc12. The van der Waals surface area contributed by atoms with Gasteiger partial charge >= 0.3 is 5.97 Å². The monoisotopic (exact) mass is 302 g/mol. The van der Waals surface area contributed by atoms with Crippen molar-refractivity contribution >= 4 is 33.9 Å². The van der Waals surface area contributed by atoms with Crippen molar-refractivity contribution < 1.29 is 9.53 Å². The predicted molar refractivity (Wildman–Crippen MR) is 89.5 cm³/mol. The molecule has 2 aromatic carbocycles. The molecule has 3 aromatic rings. The first-order valence-corrected chi connectivity index (χ1v) is 7.31. The first-order valence-electron chi connectivity index (χ1n) is 7.31. The maximum atomic E-state index is 11.9. The number of ether oxygens (including phenoxy) is 1. The van der Waals surface area contributed by atoms with Crippen molar-refractivity contribution in [1.29, 1.82) is 5.26 Å². The lowest BCUT2D eigenvalue weighted by Crippen LogP contribution is -2.06. The van der Waals surface area contributed by atoms with E-state index in [1.165, 1.54) is 0 Å². The number of para-hydroxylation sites is 2. The smallest absolute Gasteiger partial charge is 0.348 e. The van der Waals surface area contributed by atoms with Gasteiger partial charge in [-0.3, -0.25) is 0 Å². The topological polar surface area (TPSA) is 63.0 Å². The molecule has 0 unspecified atom stereocenters.